The molecule has 0 aliphatic heterocycles. The maximum atomic E-state index is 12.4. The molecule has 0 radical (unpaired) electrons. The lowest BCUT2D eigenvalue weighted by Gasteiger charge is -2.16. The Kier molecular flexibility index (Phi) is 4.57. The number of hydrogen-bond donors (Lipinski definition) is 1. The SMILES string of the molecule is Cc1ccc(N(C)C(=O)c2ccc(C#CCO)s2)cc1. The molecule has 1 aromatic heterocycles. The number of aliphatic hydroxyl groups is 1. The van der Waals surface area contributed by atoms with Crippen molar-refractivity contribution in [1.29, 1.82) is 0 Å². The van der Waals surface area contributed by atoms with Crippen molar-refractivity contribution in [3.63, 3.8) is 0 Å². The van der Waals surface area contributed by atoms with Crippen LogP contribution < -0.4 is 4.90 Å². The predicted molar refractivity (Wildman–Crippen MR) is 82.2 cm³/mol. The molecule has 0 aliphatic rings. The van der Waals surface area contributed by atoms with Crippen molar-refractivity contribution >= 4 is 22.9 Å². The van der Waals surface area contributed by atoms with Gasteiger partial charge in [0.2, 0.25) is 0 Å². The van der Waals surface area contributed by atoms with E-state index in [0.717, 1.165) is 16.1 Å². The zero-order valence-corrected chi connectivity index (χ0v) is 12.2. The molecule has 1 amide bonds. The van der Waals surface area contributed by atoms with Gasteiger partial charge < -0.3 is 10.0 Å². The fourth-order valence-electron chi connectivity index (χ4n) is 1.70. The van der Waals surface area contributed by atoms with E-state index in [1.807, 2.05) is 31.2 Å². The minimum absolute atomic E-state index is 0.0594. The first-order valence-electron chi connectivity index (χ1n) is 6.16. The summed E-state index contributed by atoms with van der Waals surface area (Å²) in [6.45, 7) is 1.83. The molecule has 1 aromatic carbocycles. The van der Waals surface area contributed by atoms with Gasteiger partial charge >= 0.3 is 0 Å². The normalized spacial score (nSPS) is 9.75. The molecule has 0 saturated heterocycles. The molecular formula is C16H15NO2S. The number of aryl methyl sites for hydroxylation is 1. The van der Waals surface area contributed by atoms with E-state index in [1.54, 1.807) is 24.1 Å². The highest BCUT2D eigenvalue weighted by molar-refractivity contribution is 7.14. The third-order valence-electron chi connectivity index (χ3n) is 2.83. The molecule has 102 valence electrons. The second-order valence-electron chi connectivity index (χ2n) is 4.32. The number of carbonyl (C=O) groups is 1. The number of anilines is 1. The summed E-state index contributed by atoms with van der Waals surface area (Å²) in [4.78, 5) is 15.4. The van der Waals surface area contributed by atoms with Crippen LogP contribution >= 0.6 is 11.3 Å². The van der Waals surface area contributed by atoms with Gasteiger partial charge in [0.25, 0.3) is 5.91 Å². The Balaban J connectivity index is 2.18. The number of carbonyl (C=O) groups excluding carboxylic acids is 1. The fraction of sp³-hybridized carbons (Fsp3) is 0.188. The molecule has 3 nitrogen and oxygen atoms in total. The molecule has 2 aromatic rings. The Hall–Kier alpha value is -2.09. The number of hydrogen-bond acceptors (Lipinski definition) is 3. The lowest BCUT2D eigenvalue weighted by molar-refractivity contribution is 0.0997. The second kappa shape index (κ2) is 6.38. The highest BCUT2D eigenvalue weighted by Gasteiger charge is 2.15. The van der Waals surface area contributed by atoms with Crippen LogP contribution in [-0.4, -0.2) is 24.7 Å². The van der Waals surface area contributed by atoms with Crippen LogP contribution in [0.25, 0.3) is 0 Å². The monoisotopic (exact) mass is 285 g/mol. The number of nitrogens with zero attached hydrogens (tertiary/aromatic N) is 1. The standard InChI is InChI=1S/C16H15NO2S/c1-12-5-7-13(8-6-12)17(2)16(19)15-10-9-14(20-15)4-3-11-18/h5-10,18H,11H2,1-2H3. The summed E-state index contributed by atoms with van der Waals surface area (Å²) in [5.74, 6) is 5.32. The predicted octanol–water partition coefficient (Wildman–Crippen LogP) is 2.68. The van der Waals surface area contributed by atoms with Crippen LogP contribution in [0.15, 0.2) is 36.4 Å². The Morgan fingerprint density at radius 1 is 1.25 bits per heavy atom. The zero-order chi connectivity index (χ0) is 14.5. The van der Waals surface area contributed by atoms with Gasteiger partial charge in [0, 0.05) is 12.7 Å². The van der Waals surface area contributed by atoms with Gasteiger partial charge in [0.05, 0.1) is 9.75 Å². The Morgan fingerprint density at radius 2 is 1.95 bits per heavy atom. The summed E-state index contributed by atoms with van der Waals surface area (Å²) in [6.07, 6.45) is 0. The molecule has 4 heteroatoms. The molecule has 2 rings (SSSR count). The molecule has 0 aliphatic carbocycles. The van der Waals surface area contributed by atoms with Gasteiger partial charge in [-0.1, -0.05) is 29.5 Å². The van der Waals surface area contributed by atoms with Gasteiger partial charge in [-0.25, -0.2) is 0 Å². The molecule has 0 fully saturated rings. The summed E-state index contributed by atoms with van der Waals surface area (Å²) in [5.41, 5.74) is 2.02. The van der Waals surface area contributed by atoms with Crippen molar-refractivity contribution in [3.8, 4) is 11.8 Å². The Morgan fingerprint density at radius 3 is 2.60 bits per heavy atom. The first-order chi connectivity index (χ1) is 9.61. The van der Waals surface area contributed by atoms with Crippen LogP contribution in [0.5, 0.6) is 0 Å². The Labute approximate surface area is 122 Å². The quantitative estimate of drug-likeness (QED) is 0.862. The number of aliphatic hydroxyl groups excluding tert-OH is 1. The van der Waals surface area contributed by atoms with Crippen LogP contribution in [0.2, 0.25) is 0 Å². The van der Waals surface area contributed by atoms with E-state index in [-0.39, 0.29) is 12.5 Å². The van der Waals surface area contributed by atoms with E-state index in [1.165, 1.54) is 11.3 Å². The summed E-state index contributed by atoms with van der Waals surface area (Å²) >= 11 is 1.33. The smallest absolute Gasteiger partial charge is 0.268 e. The highest BCUT2D eigenvalue weighted by Crippen LogP contribution is 2.21. The molecule has 0 bridgehead atoms. The summed E-state index contributed by atoms with van der Waals surface area (Å²) in [7, 11) is 1.76. The molecular weight excluding hydrogens is 270 g/mol. The fourth-order valence-corrected chi connectivity index (χ4v) is 2.55. The summed E-state index contributed by atoms with van der Waals surface area (Å²) in [5, 5.41) is 8.66. The largest absolute Gasteiger partial charge is 0.384 e. The average molecular weight is 285 g/mol. The van der Waals surface area contributed by atoms with E-state index >= 15 is 0 Å². The van der Waals surface area contributed by atoms with Crippen molar-refractivity contribution in [3.05, 3.63) is 51.7 Å². The molecule has 0 atom stereocenters. The van der Waals surface area contributed by atoms with Crippen LogP contribution in [0.1, 0.15) is 20.1 Å². The molecule has 1 N–H and O–H groups in total. The van der Waals surface area contributed by atoms with E-state index in [0.29, 0.717) is 4.88 Å². The second-order valence-corrected chi connectivity index (χ2v) is 5.41. The molecule has 0 saturated carbocycles. The lowest BCUT2D eigenvalue weighted by atomic mass is 10.2. The van der Waals surface area contributed by atoms with E-state index in [2.05, 4.69) is 11.8 Å². The van der Waals surface area contributed by atoms with Crippen molar-refractivity contribution in [2.45, 2.75) is 6.92 Å². The lowest BCUT2D eigenvalue weighted by Crippen LogP contribution is -2.25. The van der Waals surface area contributed by atoms with Gasteiger partial charge in [-0.2, -0.15) is 0 Å². The molecule has 0 spiro atoms. The van der Waals surface area contributed by atoms with Crippen LogP contribution in [-0.2, 0) is 0 Å². The third kappa shape index (κ3) is 3.27. The van der Waals surface area contributed by atoms with Gasteiger partial charge in [0.1, 0.15) is 6.61 Å². The van der Waals surface area contributed by atoms with Gasteiger partial charge in [-0.15, -0.1) is 11.3 Å². The van der Waals surface area contributed by atoms with Crippen LogP contribution in [0.4, 0.5) is 5.69 Å². The van der Waals surface area contributed by atoms with Crippen molar-refractivity contribution in [1.82, 2.24) is 0 Å². The topological polar surface area (TPSA) is 40.5 Å². The van der Waals surface area contributed by atoms with Crippen LogP contribution in [0, 0.1) is 18.8 Å². The summed E-state index contributed by atoms with van der Waals surface area (Å²) in [6, 6.07) is 11.4. The van der Waals surface area contributed by atoms with Crippen LogP contribution in [0.3, 0.4) is 0 Å². The molecule has 0 unspecified atom stereocenters. The van der Waals surface area contributed by atoms with E-state index < -0.39 is 0 Å². The maximum Gasteiger partial charge on any atom is 0.268 e. The molecule has 20 heavy (non-hydrogen) atoms. The minimum atomic E-state index is -0.176. The highest BCUT2D eigenvalue weighted by atomic mass is 32.1. The van der Waals surface area contributed by atoms with Gasteiger partial charge in [-0.05, 0) is 31.2 Å². The van der Waals surface area contributed by atoms with E-state index in [4.69, 9.17) is 5.11 Å². The first-order valence-corrected chi connectivity index (χ1v) is 6.98. The van der Waals surface area contributed by atoms with Gasteiger partial charge in [-0.3, -0.25) is 4.79 Å². The molecule has 1 heterocycles. The average Bonchev–Trinajstić information content (AvgIpc) is 2.93. The maximum absolute atomic E-state index is 12.4. The van der Waals surface area contributed by atoms with Crippen molar-refractivity contribution in [2.75, 3.05) is 18.6 Å². The third-order valence-corrected chi connectivity index (χ3v) is 3.82. The number of rotatable bonds is 2. The van der Waals surface area contributed by atoms with E-state index in [9.17, 15) is 4.79 Å². The Bertz CT molecular complexity index is 662. The minimum Gasteiger partial charge on any atom is -0.384 e. The first kappa shape index (κ1) is 14.3. The number of amides is 1. The zero-order valence-electron chi connectivity index (χ0n) is 11.4. The van der Waals surface area contributed by atoms with Crippen molar-refractivity contribution < 1.29 is 9.90 Å². The number of thiophene rings is 1. The summed E-state index contributed by atoms with van der Waals surface area (Å²) < 4.78 is 0. The van der Waals surface area contributed by atoms with Crippen molar-refractivity contribution in [2.24, 2.45) is 0 Å². The van der Waals surface area contributed by atoms with Gasteiger partial charge in [0.15, 0.2) is 0 Å². The number of benzene rings is 1.